The number of halogens is 1. The van der Waals surface area contributed by atoms with Gasteiger partial charge in [0.15, 0.2) is 0 Å². The number of nitrogens with one attached hydrogen (secondary N) is 1. The monoisotopic (exact) mass is 652 g/mol. The Bertz CT molecular complexity index is 1610. The van der Waals surface area contributed by atoms with Crippen LogP contribution in [0.3, 0.4) is 0 Å². The lowest BCUT2D eigenvalue weighted by molar-refractivity contribution is -0.120. The zero-order chi connectivity index (χ0) is 32.0. The number of carbonyl (C=O) groups is 2. The highest BCUT2D eigenvalue weighted by Gasteiger charge is 2.49. The van der Waals surface area contributed by atoms with E-state index >= 15 is 0 Å². The molecule has 1 amide bonds. The Hall–Kier alpha value is -2.81. The van der Waals surface area contributed by atoms with Gasteiger partial charge in [0.1, 0.15) is 12.0 Å². The highest BCUT2D eigenvalue weighted by Crippen LogP contribution is 2.49. The van der Waals surface area contributed by atoms with Crippen molar-refractivity contribution in [3.05, 3.63) is 70.3 Å². The summed E-state index contributed by atoms with van der Waals surface area (Å²) >= 11 is 6.43. The third-order valence-corrected chi connectivity index (χ3v) is 13.6. The van der Waals surface area contributed by atoms with Crippen molar-refractivity contribution in [2.45, 2.75) is 75.1 Å². The molecule has 7 nitrogen and oxygen atoms in total. The summed E-state index contributed by atoms with van der Waals surface area (Å²) in [5.41, 5.74) is 2.84. The summed E-state index contributed by atoms with van der Waals surface area (Å²) < 4.78 is 29.4. The number of nitrogens with zero attached hydrogens (tertiary/aromatic N) is 1. The topological polar surface area (TPSA) is 84.9 Å². The van der Waals surface area contributed by atoms with Crippen molar-refractivity contribution < 1.29 is 23.3 Å². The van der Waals surface area contributed by atoms with E-state index in [4.69, 9.17) is 21.1 Å². The molecule has 0 saturated heterocycles. The second kappa shape index (κ2) is 12.4. The molecule has 7 atom stereocenters. The average molecular weight is 653 g/mol. The quantitative estimate of drug-likeness (QED) is 0.243. The van der Waals surface area contributed by atoms with Crippen LogP contribution in [-0.2, 0) is 31.1 Å². The fourth-order valence-corrected chi connectivity index (χ4v) is 9.78. The molecule has 1 saturated carbocycles. The predicted molar refractivity (Wildman–Crippen MR) is 182 cm³/mol. The SMILES string of the molecule is C=S1(=O)NC(=O)c2ccc3c(c2)N(C[C@@H]2CC[C@H]2[C@](CC=O)(OC)/C=C/C[C@H](C)[C@H]1C)C[C@@]1(CCCc2cc(Cl)ccc21)CO3. The molecule has 45 heavy (non-hydrogen) atoms. The molecular formula is C36H45ClN2O5S. The minimum atomic E-state index is -2.97. The van der Waals surface area contributed by atoms with Crippen LogP contribution in [0.4, 0.5) is 5.69 Å². The molecule has 2 aromatic rings. The minimum Gasteiger partial charge on any atom is -0.490 e. The fraction of sp³-hybridized carbons (Fsp3) is 0.528. The number of anilines is 1. The number of aldehydes is 1. The van der Waals surface area contributed by atoms with Crippen LogP contribution in [0.5, 0.6) is 5.75 Å². The number of fused-ring (bicyclic) bond motifs is 4. The molecule has 6 rings (SSSR count). The van der Waals surface area contributed by atoms with Gasteiger partial charge in [-0.3, -0.25) is 9.52 Å². The first-order valence-electron chi connectivity index (χ1n) is 16.2. The maximum atomic E-state index is 13.8. The Labute approximate surface area is 272 Å². The molecule has 9 heteroatoms. The normalized spacial score (nSPS) is 35.6. The van der Waals surface area contributed by atoms with Crippen LogP contribution in [0.25, 0.3) is 0 Å². The summed E-state index contributed by atoms with van der Waals surface area (Å²) in [6.07, 6.45) is 11.0. The van der Waals surface area contributed by atoms with Crippen LogP contribution < -0.4 is 14.4 Å². The molecule has 1 N–H and O–H groups in total. The lowest BCUT2D eigenvalue weighted by Crippen LogP contribution is -2.53. The fourth-order valence-electron chi connectivity index (χ4n) is 8.10. The van der Waals surface area contributed by atoms with Gasteiger partial charge in [0, 0.05) is 47.9 Å². The van der Waals surface area contributed by atoms with Gasteiger partial charge in [-0.1, -0.05) is 36.7 Å². The molecule has 1 spiro atoms. The third-order valence-electron chi connectivity index (χ3n) is 11.2. The zero-order valence-electron chi connectivity index (χ0n) is 26.6. The number of ether oxygens (including phenoxy) is 2. The summed E-state index contributed by atoms with van der Waals surface area (Å²) in [7, 11) is -1.27. The van der Waals surface area contributed by atoms with E-state index in [2.05, 4.69) is 39.8 Å². The first-order valence-corrected chi connectivity index (χ1v) is 18.3. The Morgan fingerprint density at radius 1 is 1.22 bits per heavy atom. The van der Waals surface area contributed by atoms with E-state index in [1.807, 2.05) is 32.0 Å². The molecule has 4 aliphatic rings. The van der Waals surface area contributed by atoms with Crippen molar-refractivity contribution in [3.63, 3.8) is 0 Å². The summed E-state index contributed by atoms with van der Waals surface area (Å²) in [4.78, 5) is 28.0. The molecule has 2 bridgehead atoms. The van der Waals surface area contributed by atoms with E-state index < -0.39 is 21.2 Å². The van der Waals surface area contributed by atoms with E-state index in [1.54, 1.807) is 13.2 Å². The van der Waals surface area contributed by atoms with Gasteiger partial charge in [0.05, 0.1) is 27.6 Å². The number of methoxy groups -OCH3 is 1. The van der Waals surface area contributed by atoms with Crippen LogP contribution in [0.2, 0.25) is 5.02 Å². The van der Waals surface area contributed by atoms with Gasteiger partial charge < -0.3 is 19.2 Å². The number of hydrogen-bond acceptors (Lipinski definition) is 6. The van der Waals surface area contributed by atoms with Gasteiger partial charge in [0.25, 0.3) is 5.91 Å². The highest BCUT2D eigenvalue weighted by molar-refractivity contribution is 7.99. The molecule has 242 valence electrons. The number of carbonyl (C=O) groups excluding carboxylic acids is 2. The van der Waals surface area contributed by atoms with E-state index in [0.717, 1.165) is 61.4 Å². The highest BCUT2D eigenvalue weighted by atomic mass is 35.5. The maximum Gasteiger partial charge on any atom is 0.262 e. The predicted octanol–water partition coefficient (Wildman–Crippen LogP) is 6.16. The number of aryl methyl sites for hydroxylation is 1. The Morgan fingerprint density at radius 2 is 2.04 bits per heavy atom. The second-order valence-electron chi connectivity index (χ2n) is 13.7. The van der Waals surface area contributed by atoms with Crippen molar-refractivity contribution in [2.24, 2.45) is 17.8 Å². The van der Waals surface area contributed by atoms with Crippen LogP contribution in [0.15, 0.2) is 48.6 Å². The molecule has 1 fully saturated rings. The van der Waals surface area contributed by atoms with Crippen molar-refractivity contribution in [2.75, 3.05) is 31.7 Å². The van der Waals surface area contributed by atoms with E-state index in [1.165, 1.54) is 11.1 Å². The molecule has 1 unspecified atom stereocenters. The summed E-state index contributed by atoms with van der Waals surface area (Å²) in [6, 6.07) is 11.7. The van der Waals surface area contributed by atoms with E-state index in [0.29, 0.717) is 25.1 Å². The van der Waals surface area contributed by atoms with Gasteiger partial charge in [-0.2, -0.15) is 0 Å². The van der Waals surface area contributed by atoms with Crippen LogP contribution >= 0.6 is 11.6 Å². The Kier molecular flexibility index (Phi) is 8.87. The molecule has 0 aromatic heterocycles. The molecule has 2 aliphatic carbocycles. The number of benzene rings is 2. The molecule has 2 aromatic carbocycles. The Balaban J connectivity index is 1.46. The minimum absolute atomic E-state index is 0.0252. The molecular weight excluding hydrogens is 608 g/mol. The summed E-state index contributed by atoms with van der Waals surface area (Å²) in [5, 5.41) is 0.366. The summed E-state index contributed by atoms with van der Waals surface area (Å²) in [6.45, 7) is 5.85. The molecule has 0 radical (unpaired) electrons. The second-order valence-corrected chi connectivity index (χ2v) is 16.6. The van der Waals surface area contributed by atoms with Crippen molar-refractivity contribution in [1.82, 2.24) is 4.72 Å². The van der Waals surface area contributed by atoms with Crippen molar-refractivity contribution >= 4 is 45.1 Å². The number of amides is 1. The van der Waals surface area contributed by atoms with Crippen molar-refractivity contribution in [3.8, 4) is 5.75 Å². The first-order chi connectivity index (χ1) is 21.5. The maximum absolute atomic E-state index is 13.8. The molecule has 2 heterocycles. The lowest BCUT2D eigenvalue weighted by atomic mass is 9.63. The van der Waals surface area contributed by atoms with Gasteiger partial charge in [-0.05, 0) is 111 Å². The summed E-state index contributed by atoms with van der Waals surface area (Å²) in [5.74, 6) is 4.69. The largest absolute Gasteiger partial charge is 0.490 e. The van der Waals surface area contributed by atoms with E-state index in [-0.39, 0.29) is 34.8 Å². The Morgan fingerprint density at radius 3 is 2.78 bits per heavy atom. The van der Waals surface area contributed by atoms with Crippen LogP contribution in [0, 0.1) is 17.8 Å². The first kappa shape index (κ1) is 32.1. The smallest absolute Gasteiger partial charge is 0.262 e. The third kappa shape index (κ3) is 5.94. The number of rotatable bonds is 3. The van der Waals surface area contributed by atoms with E-state index in [9.17, 15) is 13.8 Å². The van der Waals surface area contributed by atoms with Crippen LogP contribution in [0.1, 0.15) is 73.9 Å². The van der Waals surface area contributed by atoms with Crippen LogP contribution in [-0.4, -0.2) is 59.9 Å². The van der Waals surface area contributed by atoms with Gasteiger partial charge in [-0.25, -0.2) is 4.21 Å². The van der Waals surface area contributed by atoms with Gasteiger partial charge >= 0.3 is 0 Å². The number of allylic oxidation sites excluding steroid dienone is 1. The number of hydrogen-bond donors (Lipinski definition) is 1. The standard InChI is InChI=1S/C36H45ClN2O5S/c1-24-7-5-16-36(43-3,17-18-40)31-12-9-28(31)21-39-22-35(15-6-8-26-19-29(37)11-13-30(26)35)23-44-33-14-10-27(20-32(33)39)34(41)38-45(4,42)25(24)2/h5,10-11,13-14,16,18-20,24-25,28,31H,4,6-9,12,15,17,21-23H2,1-3H3,(H,38,41,42)/b16-5+/t24-,25+,28-,31+,35-,36-,45?/m0/s1. The zero-order valence-corrected chi connectivity index (χ0v) is 28.1. The average Bonchev–Trinajstić information content (AvgIpc) is 3.15. The molecule has 2 aliphatic heterocycles. The van der Waals surface area contributed by atoms with Gasteiger partial charge in [-0.15, -0.1) is 0 Å². The van der Waals surface area contributed by atoms with Crippen molar-refractivity contribution in [1.29, 1.82) is 0 Å². The van der Waals surface area contributed by atoms with Gasteiger partial charge in [0.2, 0.25) is 0 Å². The lowest BCUT2D eigenvalue weighted by Gasteiger charge is -2.50.